The molecule has 5 nitrogen and oxygen atoms in total. The molecule has 0 spiro atoms. The summed E-state index contributed by atoms with van der Waals surface area (Å²) in [5.41, 5.74) is 2.30. The summed E-state index contributed by atoms with van der Waals surface area (Å²) in [7, 11) is 1.39. The number of hydroxylamine groups is 1. The van der Waals surface area contributed by atoms with Crippen molar-refractivity contribution in [3.63, 3.8) is 0 Å². The average molecular weight is 268 g/mol. The Kier molecular flexibility index (Phi) is 4.33. The Labute approximate surface area is 110 Å². The van der Waals surface area contributed by atoms with Gasteiger partial charge >= 0.3 is 0 Å². The normalized spacial score (nSPS) is 18.9. The first-order valence-corrected chi connectivity index (χ1v) is 6.75. The second kappa shape index (κ2) is 5.97. The monoisotopic (exact) mass is 268 g/mol. The molecule has 0 bridgehead atoms. The summed E-state index contributed by atoms with van der Waals surface area (Å²) < 4.78 is 0. The van der Waals surface area contributed by atoms with Crippen molar-refractivity contribution in [2.45, 2.75) is 25.3 Å². The van der Waals surface area contributed by atoms with Crippen LogP contribution in [0.3, 0.4) is 0 Å². The van der Waals surface area contributed by atoms with E-state index in [2.05, 4.69) is 10.3 Å². The number of thiophene rings is 1. The minimum atomic E-state index is -0.391. The first kappa shape index (κ1) is 13.0. The van der Waals surface area contributed by atoms with Crippen molar-refractivity contribution in [2.75, 3.05) is 13.7 Å². The lowest BCUT2D eigenvalue weighted by Gasteiger charge is -2.23. The lowest BCUT2D eigenvalue weighted by Crippen LogP contribution is -2.46. The van der Waals surface area contributed by atoms with Crippen LogP contribution in [0.15, 0.2) is 17.5 Å². The Balaban J connectivity index is 1.98. The number of nitrogens with zero attached hydrogens (tertiary/aromatic N) is 1. The van der Waals surface area contributed by atoms with Crippen LogP contribution in [0, 0.1) is 0 Å². The van der Waals surface area contributed by atoms with Gasteiger partial charge in [-0.05, 0) is 24.3 Å². The fourth-order valence-corrected chi connectivity index (χ4v) is 2.87. The molecule has 2 amide bonds. The molecule has 1 N–H and O–H groups in total. The highest BCUT2D eigenvalue weighted by Crippen LogP contribution is 2.20. The van der Waals surface area contributed by atoms with Crippen LogP contribution >= 0.6 is 11.3 Å². The van der Waals surface area contributed by atoms with Crippen molar-refractivity contribution < 1.29 is 14.4 Å². The number of hydrogen-bond donors (Lipinski definition) is 1. The number of amides is 2. The van der Waals surface area contributed by atoms with Gasteiger partial charge in [-0.25, -0.2) is 5.48 Å². The van der Waals surface area contributed by atoms with Gasteiger partial charge in [-0.1, -0.05) is 6.07 Å². The van der Waals surface area contributed by atoms with Gasteiger partial charge in [0.1, 0.15) is 6.04 Å². The van der Waals surface area contributed by atoms with E-state index < -0.39 is 6.04 Å². The second-order valence-corrected chi connectivity index (χ2v) is 5.20. The molecule has 1 atom stereocenters. The van der Waals surface area contributed by atoms with Gasteiger partial charge in [-0.3, -0.25) is 14.4 Å². The van der Waals surface area contributed by atoms with E-state index in [4.69, 9.17) is 0 Å². The number of rotatable bonds is 4. The van der Waals surface area contributed by atoms with Gasteiger partial charge in [0.15, 0.2) is 0 Å². The molecular weight excluding hydrogens is 252 g/mol. The summed E-state index contributed by atoms with van der Waals surface area (Å²) in [5.74, 6) is -0.235. The Morgan fingerprint density at radius 1 is 1.61 bits per heavy atom. The van der Waals surface area contributed by atoms with Gasteiger partial charge in [-0.2, -0.15) is 0 Å². The van der Waals surface area contributed by atoms with E-state index in [1.165, 1.54) is 7.11 Å². The third-order valence-corrected chi connectivity index (χ3v) is 3.86. The highest BCUT2D eigenvalue weighted by atomic mass is 32.1. The molecule has 1 fully saturated rings. The Morgan fingerprint density at radius 3 is 3.11 bits per heavy atom. The Hall–Kier alpha value is -1.40. The third kappa shape index (κ3) is 2.88. The fourth-order valence-electron chi connectivity index (χ4n) is 2.17. The van der Waals surface area contributed by atoms with Crippen LogP contribution in [0.4, 0.5) is 0 Å². The van der Waals surface area contributed by atoms with E-state index in [0.29, 0.717) is 19.4 Å². The van der Waals surface area contributed by atoms with Crippen molar-refractivity contribution in [1.29, 1.82) is 0 Å². The van der Waals surface area contributed by atoms with Crippen LogP contribution in [-0.4, -0.2) is 36.4 Å². The zero-order valence-corrected chi connectivity index (χ0v) is 11.0. The quantitative estimate of drug-likeness (QED) is 0.827. The molecule has 1 saturated heterocycles. The molecule has 6 heteroatoms. The minimum absolute atomic E-state index is 0.00574. The number of likely N-dealkylation sites (tertiary alicyclic amines) is 1. The molecular formula is C12H16N2O3S. The van der Waals surface area contributed by atoms with Crippen LogP contribution < -0.4 is 5.48 Å². The lowest BCUT2D eigenvalue weighted by molar-refractivity contribution is -0.143. The smallest absolute Gasteiger partial charge is 0.266 e. The van der Waals surface area contributed by atoms with Gasteiger partial charge in [0.25, 0.3) is 5.91 Å². The minimum Gasteiger partial charge on any atom is -0.330 e. The molecule has 98 valence electrons. The van der Waals surface area contributed by atoms with E-state index in [0.717, 1.165) is 11.3 Å². The molecule has 18 heavy (non-hydrogen) atoms. The standard InChI is InChI=1S/C12H16N2O3S/c1-17-13-12(16)10-5-2-6-14(10)11(15)8-9-4-3-7-18-9/h3-4,7,10H,2,5-6,8H2,1H3,(H,13,16). The van der Waals surface area contributed by atoms with Gasteiger partial charge in [0.2, 0.25) is 5.91 Å². The van der Waals surface area contributed by atoms with E-state index in [1.807, 2.05) is 17.5 Å². The number of carbonyl (C=O) groups is 2. The molecule has 0 radical (unpaired) electrons. The van der Waals surface area contributed by atoms with Crippen molar-refractivity contribution in [2.24, 2.45) is 0 Å². The van der Waals surface area contributed by atoms with Crippen molar-refractivity contribution >= 4 is 23.2 Å². The first-order chi connectivity index (χ1) is 8.72. The summed E-state index contributed by atoms with van der Waals surface area (Å²) in [6.07, 6.45) is 1.93. The molecule has 0 aliphatic carbocycles. The average Bonchev–Trinajstić information content (AvgIpc) is 2.99. The largest absolute Gasteiger partial charge is 0.330 e. The molecule has 1 aromatic heterocycles. The SMILES string of the molecule is CONC(=O)C1CCCN1C(=O)Cc1cccs1. The molecule has 1 aliphatic rings. The maximum Gasteiger partial charge on any atom is 0.266 e. The summed E-state index contributed by atoms with van der Waals surface area (Å²) in [4.78, 5) is 31.2. The maximum atomic E-state index is 12.1. The molecule has 0 saturated carbocycles. The number of carbonyl (C=O) groups excluding carboxylic acids is 2. The number of hydrogen-bond acceptors (Lipinski definition) is 4. The topological polar surface area (TPSA) is 58.6 Å². The van der Waals surface area contributed by atoms with E-state index >= 15 is 0 Å². The highest BCUT2D eigenvalue weighted by molar-refractivity contribution is 7.10. The van der Waals surface area contributed by atoms with Crippen molar-refractivity contribution in [3.05, 3.63) is 22.4 Å². The van der Waals surface area contributed by atoms with Crippen LogP contribution in [-0.2, 0) is 20.8 Å². The predicted octanol–water partition coefficient (Wildman–Crippen LogP) is 0.959. The first-order valence-electron chi connectivity index (χ1n) is 5.87. The van der Waals surface area contributed by atoms with E-state index in [1.54, 1.807) is 16.2 Å². The fraction of sp³-hybridized carbons (Fsp3) is 0.500. The van der Waals surface area contributed by atoms with Gasteiger partial charge in [-0.15, -0.1) is 11.3 Å². The lowest BCUT2D eigenvalue weighted by atomic mass is 10.2. The van der Waals surface area contributed by atoms with Crippen molar-refractivity contribution in [1.82, 2.24) is 10.4 Å². The summed E-state index contributed by atoms with van der Waals surface area (Å²) in [6.45, 7) is 0.645. The highest BCUT2D eigenvalue weighted by Gasteiger charge is 2.33. The second-order valence-electron chi connectivity index (χ2n) is 4.17. The Bertz CT molecular complexity index is 419. The predicted molar refractivity (Wildman–Crippen MR) is 67.9 cm³/mol. The summed E-state index contributed by atoms with van der Waals surface area (Å²) in [5, 5.41) is 1.95. The van der Waals surface area contributed by atoms with Gasteiger partial charge < -0.3 is 4.90 Å². The number of nitrogens with one attached hydrogen (secondary N) is 1. The molecule has 1 aromatic rings. The third-order valence-electron chi connectivity index (χ3n) is 2.98. The van der Waals surface area contributed by atoms with Crippen molar-refractivity contribution in [3.8, 4) is 0 Å². The van der Waals surface area contributed by atoms with Crippen LogP contribution in [0.1, 0.15) is 17.7 Å². The molecule has 0 aromatic carbocycles. The van der Waals surface area contributed by atoms with E-state index in [9.17, 15) is 9.59 Å². The molecule has 1 unspecified atom stereocenters. The van der Waals surface area contributed by atoms with E-state index in [-0.39, 0.29) is 11.8 Å². The molecule has 2 rings (SSSR count). The van der Waals surface area contributed by atoms with Crippen LogP contribution in [0.2, 0.25) is 0 Å². The summed E-state index contributed by atoms with van der Waals surface area (Å²) >= 11 is 1.56. The molecule has 2 heterocycles. The van der Waals surface area contributed by atoms with Gasteiger partial charge in [0.05, 0.1) is 13.5 Å². The summed E-state index contributed by atoms with van der Waals surface area (Å²) in [6, 6.07) is 3.47. The zero-order chi connectivity index (χ0) is 13.0. The molecule has 1 aliphatic heterocycles. The zero-order valence-electron chi connectivity index (χ0n) is 10.2. The van der Waals surface area contributed by atoms with Crippen LogP contribution in [0.25, 0.3) is 0 Å². The Morgan fingerprint density at radius 2 is 2.44 bits per heavy atom. The van der Waals surface area contributed by atoms with Gasteiger partial charge in [0, 0.05) is 11.4 Å². The maximum absolute atomic E-state index is 12.1. The van der Waals surface area contributed by atoms with Crippen LogP contribution in [0.5, 0.6) is 0 Å².